The Morgan fingerprint density at radius 2 is 2.14 bits per heavy atom. The smallest absolute Gasteiger partial charge is 0.249 e. The highest BCUT2D eigenvalue weighted by Gasteiger charge is 2.28. The van der Waals surface area contributed by atoms with Crippen molar-refractivity contribution in [3.63, 3.8) is 0 Å². The first-order valence-corrected chi connectivity index (χ1v) is 9.63. The number of amides is 1. The molecule has 0 saturated heterocycles. The zero-order valence-electron chi connectivity index (χ0n) is 16.2. The second-order valence-electron chi connectivity index (χ2n) is 7.52. The molecule has 0 unspecified atom stereocenters. The number of hydrogen-bond acceptors (Lipinski definition) is 3. The summed E-state index contributed by atoms with van der Waals surface area (Å²) in [5.41, 5.74) is 8.28. The molecule has 0 spiro atoms. The minimum Gasteiger partial charge on any atom is -0.489 e. The number of aryl methyl sites for hydroxylation is 1. The van der Waals surface area contributed by atoms with Gasteiger partial charge in [0.15, 0.2) is 11.6 Å². The first-order chi connectivity index (χ1) is 13.9. The molecular formula is C22H23F2N3O2. The molecule has 1 aliphatic rings. The predicted molar refractivity (Wildman–Crippen MR) is 107 cm³/mol. The van der Waals surface area contributed by atoms with Crippen LogP contribution in [0.25, 0.3) is 10.9 Å². The van der Waals surface area contributed by atoms with Gasteiger partial charge in [-0.2, -0.15) is 0 Å². The summed E-state index contributed by atoms with van der Waals surface area (Å²) in [6, 6.07) is 7.39. The van der Waals surface area contributed by atoms with Crippen molar-refractivity contribution >= 4 is 16.8 Å². The van der Waals surface area contributed by atoms with Crippen molar-refractivity contribution in [1.29, 1.82) is 0 Å². The van der Waals surface area contributed by atoms with Gasteiger partial charge in [0.1, 0.15) is 12.4 Å². The van der Waals surface area contributed by atoms with Gasteiger partial charge < -0.3 is 15.5 Å². The summed E-state index contributed by atoms with van der Waals surface area (Å²) in [7, 11) is 1.98. The van der Waals surface area contributed by atoms with Gasteiger partial charge in [-0.15, -0.1) is 0 Å². The largest absolute Gasteiger partial charge is 0.489 e. The fourth-order valence-corrected chi connectivity index (χ4v) is 4.00. The third-order valence-electron chi connectivity index (χ3n) is 5.65. The number of nitrogens with two attached hydrogens (primary N) is 1. The van der Waals surface area contributed by atoms with Crippen molar-refractivity contribution in [3.05, 3.63) is 64.9 Å². The SMILES string of the molecule is CN(CCCc1c[nH]c2ccc(F)cc12)[C@H]1COc2c(F)ccc(C(N)=O)c2C1. The van der Waals surface area contributed by atoms with E-state index in [0.717, 1.165) is 35.9 Å². The summed E-state index contributed by atoms with van der Waals surface area (Å²) in [5.74, 6) is -1.17. The van der Waals surface area contributed by atoms with E-state index in [1.807, 2.05) is 13.2 Å². The summed E-state index contributed by atoms with van der Waals surface area (Å²) in [6.07, 6.45) is 4.10. The quantitative estimate of drug-likeness (QED) is 0.667. The number of nitrogens with one attached hydrogen (secondary N) is 1. The van der Waals surface area contributed by atoms with Crippen molar-refractivity contribution < 1.29 is 18.3 Å². The number of aromatic amines is 1. The van der Waals surface area contributed by atoms with E-state index in [1.54, 1.807) is 12.1 Å². The molecule has 152 valence electrons. The van der Waals surface area contributed by atoms with Gasteiger partial charge in [0.25, 0.3) is 0 Å². The maximum Gasteiger partial charge on any atom is 0.249 e. The number of ether oxygens (including phenoxy) is 1. The number of benzene rings is 2. The molecule has 0 radical (unpaired) electrons. The van der Waals surface area contributed by atoms with Crippen LogP contribution in [-0.4, -0.2) is 42.0 Å². The molecule has 1 aromatic heterocycles. The normalized spacial score (nSPS) is 16.1. The lowest BCUT2D eigenvalue weighted by Gasteiger charge is -2.33. The Balaban J connectivity index is 1.41. The molecule has 0 saturated carbocycles. The Morgan fingerprint density at radius 1 is 1.31 bits per heavy atom. The molecule has 1 atom stereocenters. The Morgan fingerprint density at radius 3 is 2.93 bits per heavy atom. The van der Waals surface area contributed by atoms with Gasteiger partial charge in [-0.05, 0) is 68.8 Å². The number of likely N-dealkylation sites (N-methyl/N-ethyl adjacent to an activating group) is 1. The van der Waals surface area contributed by atoms with Crippen LogP contribution in [0.4, 0.5) is 8.78 Å². The fourth-order valence-electron chi connectivity index (χ4n) is 4.00. The first-order valence-electron chi connectivity index (χ1n) is 9.63. The van der Waals surface area contributed by atoms with Crippen LogP contribution in [0.3, 0.4) is 0 Å². The molecule has 1 amide bonds. The van der Waals surface area contributed by atoms with Gasteiger partial charge in [0.2, 0.25) is 5.91 Å². The molecule has 29 heavy (non-hydrogen) atoms. The summed E-state index contributed by atoms with van der Waals surface area (Å²) < 4.78 is 33.2. The lowest BCUT2D eigenvalue weighted by atomic mass is 9.95. The van der Waals surface area contributed by atoms with Gasteiger partial charge in [0.05, 0.1) is 0 Å². The third kappa shape index (κ3) is 3.82. The number of H-pyrrole nitrogens is 1. The average molecular weight is 399 g/mol. The Bertz CT molecular complexity index is 1060. The lowest BCUT2D eigenvalue weighted by molar-refractivity contribution is 0.0992. The van der Waals surface area contributed by atoms with E-state index in [-0.39, 0.29) is 17.6 Å². The van der Waals surface area contributed by atoms with Crippen molar-refractivity contribution in [2.45, 2.75) is 25.3 Å². The molecule has 4 rings (SSSR count). The summed E-state index contributed by atoms with van der Waals surface area (Å²) >= 11 is 0. The molecule has 0 fully saturated rings. The van der Waals surface area contributed by atoms with E-state index in [2.05, 4.69) is 9.88 Å². The maximum absolute atomic E-state index is 14.0. The zero-order valence-corrected chi connectivity index (χ0v) is 16.2. The van der Waals surface area contributed by atoms with Crippen LogP contribution >= 0.6 is 0 Å². The lowest BCUT2D eigenvalue weighted by Crippen LogP contribution is -2.42. The van der Waals surface area contributed by atoms with Crippen molar-refractivity contribution in [2.24, 2.45) is 5.73 Å². The van der Waals surface area contributed by atoms with Crippen molar-refractivity contribution in [2.75, 3.05) is 20.2 Å². The van der Waals surface area contributed by atoms with E-state index in [4.69, 9.17) is 10.5 Å². The summed E-state index contributed by atoms with van der Waals surface area (Å²) in [6.45, 7) is 1.13. The van der Waals surface area contributed by atoms with E-state index in [0.29, 0.717) is 24.2 Å². The number of fused-ring (bicyclic) bond motifs is 2. The van der Waals surface area contributed by atoms with Crippen LogP contribution in [0.5, 0.6) is 5.75 Å². The molecule has 7 heteroatoms. The number of halogens is 2. The fraction of sp³-hybridized carbons (Fsp3) is 0.318. The van der Waals surface area contributed by atoms with E-state index >= 15 is 0 Å². The average Bonchev–Trinajstić information content (AvgIpc) is 3.09. The predicted octanol–water partition coefficient (Wildman–Crippen LogP) is 3.41. The van der Waals surface area contributed by atoms with Crippen LogP contribution in [-0.2, 0) is 12.8 Å². The number of aromatic nitrogens is 1. The Labute approximate surface area is 167 Å². The second kappa shape index (κ2) is 7.83. The van der Waals surface area contributed by atoms with E-state index in [1.165, 1.54) is 18.2 Å². The maximum atomic E-state index is 14.0. The highest BCUT2D eigenvalue weighted by Crippen LogP contribution is 2.32. The van der Waals surface area contributed by atoms with Crippen LogP contribution in [0, 0.1) is 11.6 Å². The standard InChI is InChI=1S/C22H23F2N3O2/c1-27(8-2-3-13-11-26-20-7-4-14(23)9-17(13)20)15-10-18-16(22(25)28)5-6-19(24)21(18)29-12-15/h4-7,9,11,15,26H,2-3,8,10,12H2,1H3,(H2,25,28)/t15-/m1/s1. The van der Waals surface area contributed by atoms with Crippen LogP contribution in [0.1, 0.15) is 27.9 Å². The molecule has 2 aromatic carbocycles. The van der Waals surface area contributed by atoms with Crippen LogP contribution in [0.15, 0.2) is 36.5 Å². The molecule has 0 bridgehead atoms. The number of carbonyl (C=O) groups excluding carboxylic acids is 1. The third-order valence-corrected chi connectivity index (χ3v) is 5.65. The van der Waals surface area contributed by atoms with Gasteiger partial charge >= 0.3 is 0 Å². The van der Waals surface area contributed by atoms with E-state index < -0.39 is 11.7 Å². The molecule has 3 aromatic rings. The van der Waals surface area contributed by atoms with Gasteiger partial charge in [0, 0.05) is 34.3 Å². The molecule has 1 aliphatic heterocycles. The second-order valence-corrected chi connectivity index (χ2v) is 7.52. The summed E-state index contributed by atoms with van der Waals surface area (Å²) in [4.78, 5) is 17.0. The molecule has 5 nitrogen and oxygen atoms in total. The molecular weight excluding hydrogens is 376 g/mol. The van der Waals surface area contributed by atoms with E-state index in [9.17, 15) is 13.6 Å². The Kier molecular flexibility index (Phi) is 5.24. The topological polar surface area (TPSA) is 71.3 Å². The number of nitrogens with zero attached hydrogens (tertiary/aromatic N) is 1. The minimum absolute atomic E-state index is 0.0165. The minimum atomic E-state index is -0.584. The van der Waals surface area contributed by atoms with Crippen LogP contribution < -0.4 is 10.5 Å². The monoisotopic (exact) mass is 399 g/mol. The highest BCUT2D eigenvalue weighted by molar-refractivity contribution is 5.95. The number of rotatable bonds is 6. The number of carbonyl (C=O) groups is 1. The van der Waals surface area contributed by atoms with Gasteiger partial charge in [-0.1, -0.05) is 0 Å². The highest BCUT2D eigenvalue weighted by atomic mass is 19.1. The summed E-state index contributed by atoms with van der Waals surface area (Å²) in [5, 5.41) is 0.907. The molecule has 0 aliphatic carbocycles. The zero-order chi connectivity index (χ0) is 20.5. The van der Waals surface area contributed by atoms with Crippen molar-refractivity contribution in [3.8, 4) is 5.75 Å². The Hall–Kier alpha value is -2.93. The molecule has 3 N–H and O–H groups in total. The van der Waals surface area contributed by atoms with Crippen molar-refractivity contribution in [1.82, 2.24) is 9.88 Å². The van der Waals surface area contributed by atoms with Gasteiger partial charge in [-0.25, -0.2) is 8.78 Å². The number of hydrogen-bond donors (Lipinski definition) is 2. The molecule has 2 heterocycles. The van der Waals surface area contributed by atoms with Crippen LogP contribution in [0.2, 0.25) is 0 Å². The van der Waals surface area contributed by atoms with Gasteiger partial charge in [-0.3, -0.25) is 9.69 Å². The first kappa shape index (κ1) is 19.4. The number of primary amides is 1.